The molecule has 0 aliphatic rings. The maximum absolute atomic E-state index is 12.3. The Morgan fingerprint density at radius 3 is 2.44 bits per heavy atom. The molecule has 0 spiro atoms. The summed E-state index contributed by atoms with van der Waals surface area (Å²) in [6.07, 6.45) is -4.62. The Hall–Kier alpha value is -1.16. The summed E-state index contributed by atoms with van der Waals surface area (Å²) in [6.45, 7) is 3.45. The van der Waals surface area contributed by atoms with Crippen LogP contribution in [-0.2, 0) is 6.18 Å². The standard InChI is InChI=1S/C8H7F3N4OS2/c1-3(17-7-15-12-4(2)18-7)5-13-14-6(16-5)8(9,10)11/h3H,1-2H3/t3-/m1/s1. The molecule has 0 radical (unpaired) electrons. The van der Waals surface area contributed by atoms with E-state index in [0.29, 0.717) is 4.34 Å². The maximum atomic E-state index is 12.3. The predicted octanol–water partition coefficient (Wildman–Crippen LogP) is 3.10. The fourth-order valence-electron chi connectivity index (χ4n) is 1.04. The molecule has 0 aliphatic heterocycles. The molecule has 0 N–H and O–H groups in total. The molecule has 0 bridgehead atoms. The molecule has 1 atom stereocenters. The topological polar surface area (TPSA) is 64.7 Å². The van der Waals surface area contributed by atoms with Gasteiger partial charge in [-0.3, -0.25) is 0 Å². The normalized spacial score (nSPS) is 13.8. The number of nitrogens with zero attached hydrogens (tertiary/aromatic N) is 4. The van der Waals surface area contributed by atoms with Gasteiger partial charge in [0.2, 0.25) is 5.89 Å². The number of halogens is 3. The summed E-state index contributed by atoms with van der Waals surface area (Å²) in [7, 11) is 0. The van der Waals surface area contributed by atoms with Crippen LogP contribution in [0.4, 0.5) is 13.2 Å². The van der Waals surface area contributed by atoms with E-state index in [-0.39, 0.29) is 5.89 Å². The number of hydrogen-bond acceptors (Lipinski definition) is 7. The van der Waals surface area contributed by atoms with Gasteiger partial charge in [-0.1, -0.05) is 23.1 Å². The minimum atomic E-state index is -4.62. The van der Waals surface area contributed by atoms with E-state index in [4.69, 9.17) is 0 Å². The van der Waals surface area contributed by atoms with Crippen LogP contribution >= 0.6 is 23.1 Å². The predicted molar refractivity (Wildman–Crippen MR) is 58.2 cm³/mol. The number of rotatable bonds is 3. The van der Waals surface area contributed by atoms with Gasteiger partial charge < -0.3 is 4.42 Å². The van der Waals surface area contributed by atoms with Crippen LogP contribution in [0.5, 0.6) is 0 Å². The lowest BCUT2D eigenvalue weighted by atomic mass is 10.5. The molecule has 18 heavy (non-hydrogen) atoms. The third kappa shape index (κ3) is 2.99. The first kappa shape index (κ1) is 13.3. The lowest BCUT2D eigenvalue weighted by molar-refractivity contribution is -0.157. The van der Waals surface area contributed by atoms with Gasteiger partial charge in [0.05, 0.1) is 5.25 Å². The molecule has 5 nitrogen and oxygen atoms in total. The molecule has 0 aliphatic carbocycles. The Labute approximate surface area is 108 Å². The van der Waals surface area contributed by atoms with Gasteiger partial charge in [-0.2, -0.15) is 13.2 Å². The van der Waals surface area contributed by atoms with Crippen LogP contribution < -0.4 is 0 Å². The Morgan fingerprint density at radius 2 is 1.94 bits per heavy atom. The largest absolute Gasteiger partial charge is 0.470 e. The zero-order valence-corrected chi connectivity index (χ0v) is 10.9. The van der Waals surface area contributed by atoms with Crippen LogP contribution in [0.25, 0.3) is 0 Å². The number of aryl methyl sites for hydroxylation is 1. The highest BCUT2D eigenvalue weighted by atomic mass is 32.2. The molecule has 2 aromatic heterocycles. The van der Waals surface area contributed by atoms with Crippen molar-refractivity contribution in [3.8, 4) is 0 Å². The zero-order valence-electron chi connectivity index (χ0n) is 9.22. The highest BCUT2D eigenvalue weighted by Gasteiger charge is 2.38. The average molecular weight is 296 g/mol. The Balaban J connectivity index is 2.09. The molecule has 0 unspecified atom stereocenters. The minimum Gasteiger partial charge on any atom is -0.416 e. The van der Waals surface area contributed by atoms with Crippen LogP contribution in [0, 0.1) is 6.92 Å². The van der Waals surface area contributed by atoms with E-state index in [2.05, 4.69) is 24.8 Å². The molecule has 0 saturated carbocycles. The monoisotopic (exact) mass is 296 g/mol. The summed E-state index contributed by atoms with van der Waals surface area (Å²) in [6, 6.07) is 0. The lowest BCUT2D eigenvalue weighted by Gasteiger charge is -2.02. The molecule has 2 aromatic rings. The van der Waals surface area contributed by atoms with Crippen molar-refractivity contribution >= 4 is 23.1 Å². The quantitative estimate of drug-likeness (QED) is 0.811. The van der Waals surface area contributed by atoms with Gasteiger partial charge in [0.25, 0.3) is 0 Å². The zero-order chi connectivity index (χ0) is 13.3. The average Bonchev–Trinajstić information content (AvgIpc) is 2.85. The van der Waals surface area contributed by atoms with E-state index in [1.54, 1.807) is 13.8 Å². The molecule has 2 rings (SSSR count). The van der Waals surface area contributed by atoms with Crippen molar-refractivity contribution in [3.05, 3.63) is 16.8 Å². The molecule has 0 aromatic carbocycles. The van der Waals surface area contributed by atoms with E-state index in [9.17, 15) is 13.2 Å². The lowest BCUT2D eigenvalue weighted by Crippen LogP contribution is -2.04. The first-order valence-corrected chi connectivity index (χ1v) is 6.43. The van der Waals surface area contributed by atoms with E-state index >= 15 is 0 Å². The van der Waals surface area contributed by atoms with Gasteiger partial charge >= 0.3 is 12.1 Å². The Bertz CT molecular complexity index is 538. The van der Waals surface area contributed by atoms with Crippen molar-refractivity contribution in [2.75, 3.05) is 0 Å². The maximum Gasteiger partial charge on any atom is 0.470 e. The van der Waals surface area contributed by atoms with Gasteiger partial charge in [0.15, 0.2) is 4.34 Å². The highest BCUT2D eigenvalue weighted by Crippen LogP contribution is 2.37. The number of thioether (sulfide) groups is 1. The van der Waals surface area contributed by atoms with Gasteiger partial charge in [-0.15, -0.1) is 20.4 Å². The number of hydrogen-bond donors (Lipinski definition) is 0. The van der Waals surface area contributed by atoms with Crippen LogP contribution in [-0.4, -0.2) is 20.4 Å². The van der Waals surface area contributed by atoms with Crippen molar-refractivity contribution in [2.24, 2.45) is 0 Å². The van der Waals surface area contributed by atoms with Crippen LogP contribution in [0.15, 0.2) is 8.76 Å². The number of alkyl halides is 3. The van der Waals surface area contributed by atoms with Crippen molar-refractivity contribution in [1.29, 1.82) is 0 Å². The van der Waals surface area contributed by atoms with Gasteiger partial charge in [-0.05, 0) is 13.8 Å². The summed E-state index contributed by atoms with van der Waals surface area (Å²) >= 11 is 2.57. The fourth-order valence-corrected chi connectivity index (χ4v) is 3.03. The fraction of sp³-hybridized carbons (Fsp3) is 0.500. The molecule has 0 saturated heterocycles. The summed E-state index contributed by atoms with van der Waals surface area (Å²) in [5, 5.41) is 14.4. The van der Waals surface area contributed by atoms with Crippen LogP contribution in [0.1, 0.15) is 29.0 Å². The third-order valence-corrected chi connectivity index (χ3v) is 3.83. The van der Waals surface area contributed by atoms with Crippen LogP contribution in [0.3, 0.4) is 0 Å². The van der Waals surface area contributed by atoms with Crippen LogP contribution in [0.2, 0.25) is 0 Å². The smallest absolute Gasteiger partial charge is 0.416 e. The molecular weight excluding hydrogens is 289 g/mol. The summed E-state index contributed by atoms with van der Waals surface area (Å²) in [5.41, 5.74) is 0. The van der Waals surface area contributed by atoms with Crippen molar-refractivity contribution in [1.82, 2.24) is 20.4 Å². The molecular formula is C8H7F3N4OS2. The molecule has 0 fully saturated rings. The second-order valence-corrected chi connectivity index (χ2v) is 6.06. The molecule has 98 valence electrons. The van der Waals surface area contributed by atoms with E-state index in [1.165, 1.54) is 23.1 Å². The minimum absolute atomic E-state index is 0.0832. The highest BCUT2D eigenvalue weighted by molar-refractivity contribution is 8.01. The summed E-state index contributed by atoms with van der Waals surface area (Å²) in [4.78, 5) is 0. The van der Waals surface area contributed by atoms with E-state index in [1.807, 2.05) is 0 Å². The van der Waals surface area contributed by atoms with Crippen molar-refractivity contribution < 1.29 is 17.6 Å². The molecule has 10 heteroatoms. The number of aromatic nitrogens is 4. The van der Waals surface area contributed by atoms with Gasteiger partial charge in [-0.25, -0.2) is 0 Å². The third-order valence-electron chi connectivity index (χ3n) is 1.82. The summed E-state index contributed by atoms with van der Waals surface area (Å²) in [5.74, 6) is -1.42. The Morgan fingerprint density at radius 1 is 1.22 bits per heavy atom. The molecule has 2 heterocycles. The Kier molecular flexibility index (Phi) is 3.57. The second-order valence-electron chi connectivity index (χ2n) is 3.29. The first-order valence-electron chi connectivity index (χ1n) is 4.73. The van der Waals surface area contributed by atoms with Gasteiger partial charge in [0.1, 0.15) is 5.01 Å². The SMILES string of the molecule is Cc1nnc(S[C@H](C)c2nnc(C(F)(F)F)o2)s1. The first-order chi connectivity index (χ1) is 8.36. The molecule has 0 amide bonds. The van der Waals surface area contributed by atoms with Crippen molar-refractivity contribution in [3.63, 3.8) is 0 Å². The van der Waals surface area contributed by atoms with E-state index in [0.717, 1.165) is 5.01 Å². The second kappa shape index (κ2) is 4.84. The van der Waals surface area contributed by atoms with Crippen molar-refractivity contribution in [2.45, 2.75) is 29.6 Å². The summed E-state index contributed by atoms with van der Waals surface area (Å²) < 4.78 is 42.0. The van der Waals surface area contributed by atoms with E-state index < -0.39 is 17.3 Å². The van der Waals surface area contributed by atoms with Gasteiger partial charge in [0, 0.05) is 0 Å².